The third-order valence-electron chi connectivity index (χ3n) is 4.97. The summed E-state index contributed by atoms with van der Waals surface area (Å²) in [4.78, 5) is 12.0. The number of rotatable bonds is 5. The van der Waals surface area contributed by atoms with Crippen LogP contribution in [0.25, 0.3) is 0 Å². The maximum atomic E-state index is 12.0. The van der Waals surface area contributed by atoms with Crippen LogP contribution in [0.15, 0.2) is 48.5 Å². The van der Waals surface area contributed by atoms with E-state index in [0.29, 0.717) is 6.42 Å². The van der Waals surface area contributed by atoms with E-state index in [9.17, 15) is 9.90 Å². The number of aliphatic hydroxyl groups excluding tert-OH is 1. The number of benzene rings is 2. The van der Waals surface area contributed by atoms with Crippen LogP contribution in [0, 0.1) is 0 Å². The van der Waals surface area contributed by atoms with Crippen LogP contribution in [0.2, 0.25) is 0 Å². The molecule has 0 radical (unpaired) electrons. The van der Waals surface area contributed by atoms with Gasteiger partial charge in [0.25, 0.3) is 0 Å². The van der Waals surface area contributed by atoms with E-state index in [4.69, 9.17) is 0 Å². The molecule has 1 aliphatic rings. The summed E-state index contributed by atoms with van der Waals surface area (Å²) in [6.45, 7) is 1.94. The lowest BCUT2D eigenvalue weighted by Crippen LogP contribution is -2.42. The van der Waals surface area contributed by atoms with Gasteiger partial charge in [0.1, 0.15) is 0 Å². The quantitative estimate of drug-likeness (QED) is 0.886. The van der Waals surface area contributed by atoms with Gasteiger partial charge in [-0.05, 0) is 41.5 Å². The summed E-state index contributed by atoms with van der Waals surface area (Å²) in [5, 5.41) is 12.7. The normalized spacial score (nSPS) is 19.6. The van der Waals surface area contributed by atoms with E-state index >= 15 is 0 Å². The van der Waals surface area contributed by atoms with Crippen molar-refractivity contribution in [3.63, 3.8) is 0 Å². The predicted octanol–water partition coefficient (Wildman–Crippen LogP) is 3.35. The number of hydrogen-bond donors (Lipinski definition) is 2. The average molecular weight is 323 g/mol. The molecule has 2 aromatic rings. The van der Waals surface area contributed by atoms with E-state index in [-0.39, 0.29) is 24.5 Å². The Labute approximate surface area is 143 Å². The highest BCUT2D eigenvalue weighted by atomic mass is 16.3. The van der Waals surface area contributed by atoms with Crippen molar-refractivity contribution in [3.05, 3.63) is 70.8 Å². The molecule has 0 saturated carbocycles. The van der Waals surface area contributed by atoms with Crippen LogP contribution in [0.1, 0.15) is 47.9 Å². The summed E-state index contributed by atoms with van der Waals surface area (Å²) in [6, 6.07) is 16.8. The molecule has 3 heteroatoms. The fourth-order valence-corrected chi connectivity index (χ4v) is 3.65. The molecule has 2 unspecified atom stereocenters. The second-order valence-electron chi connectivity index (χ2n) is 6.55. The van der Waals surface area contributed by atoms with E-state index in [2.05, 4.69) is 41.7 Å². The monoisotopic (exact) mass is 323 g/mol. The molecule has 1 aliphatic carbocycles. The van der Waals surface area contributed by atoms with Crippen molar-refractivity contribution in [3.8, 4) is 0 Å². The smallest absolute Gasteiger partial charge is 0.219 e. The van der Waals surface area contributed by atoms with Gasteiger partial charge in [0.15, 0.2) is 0 Å². The van der Waals surface area contributed by atoms with Crippen LogP contribution in [0.3, 0.4) is 0 Å². The SMILES string of the molecule is CCC(=O)NC1CCc2ccc(CO)cc2C1Cc1ccccc1. The van der Waals surface area contributed by atoms with Crippen molar-refractivity contribution in [1.29, 1.82) is 0 Å². The lowest BCUT2D eigenvalue weighted by molar-refractivity contribution is -0.121. The molecule has 2 atom stereocenters. The molecule has 24 heavy (non-hydrogen) atoms. The molecule has 0 fully saturated rings. The lowest BCUT2D eigenvalue weighted by atomic mass is 9.75. The first-order valence-corrected chi connectivity index (χ1v) is 8.77. The first kappa shape index (κ1) is 16.7. The summed E-state index contributed by atoms with van der Waals surface area (Å²) >= 11 is 0. The van der Waals surface area contributed by atoms with Gasteiger partial charge < -0.3 is 10.4 Å². The highest BCUT2D eigenvalue weighted by molar-refractivity contribution is 5.76. The Balaban J connectivity index is 1.94. The Morgan fingerprint density at radius 2 is 1.96 bits per heavy atom. The minimum absolute atomic E-state index is 0.0529. The first-order valence-electron chi connectivity index (χ1n) is 8.77. The van der Waals surface area contributed by atoms with E-state index in [1.807, 2.05) is 19.1 Å². The van der Waals surface area contributed by atoms with Crippen LogP contribution < -0.4 is 5.32 Å². The Morgan fingerprint density at radius 3 is 2.67 bits per heavy atom. The second-order valence-corrected chi connectivity index (χ2v) is 6.55. The summed E-state index contributed by atoms with van der Waals surface area (Å²) in [5.41, 5.74) is 4.84. The van der Waals surface area contributed by atoms with E-state index in [1.165, 1.54) is 16.7 Å². The summed E-state index contributed by atoms with van der Waals surface area (Å²) in [7, 11) is 0. The van der Waals surface area contributed by atoms with Crippen LogP contribution in [-0.4, -0.2) is 17.1 Å². The number of hydrogen-bond acceptors (Lipinski definition) is 2. The van der Waals surface area contributed by atoms with Crippen molar-refractivity contribution >= 4 is 5.91 Å². The number of carbonyl (C=O) groups is 1. The third-order valence-corrected chi connectivity index (χ3v) is 4.97. The summed E-state index contributed by atoms with van der Waals surface area (Å²) in [5.74, 6) is 0.359. The zero-order valence-electron chi connectivity index (χ0n) is 14.2. The molecule has 0 saturated heterocycles. The zero-order valence-corrected chi connectivity index (χ0v) is 14.2. The Bertz CT molecular complexity index is 696. The molecule has 0 heterocycles. The van der Waals surface area contributed by atoms with E-state index in [0.717, 1.165) is 24.8 Å². The van der Waals surface area contributed by atoms with Crippen molar-refractivity contribution in [2.24, 2.45) is 0 Å². The van der Waals surface area contributed by atoms with E-state index < -0.39 is 0 Å². The minimum atomic E-state index is 0.0529. The molecule has 3 nitrogen and oxygen atoms in total. The van der Waals surface area contributed by atoms with Crippen LogP contribution in [-0.2, 0) is 24.2 Å². The molecule has 2 N–H and O–H groups in total. The average Bonchev–Trinajstić information content (AvgIpc) is 2.63. The number of carbonyl (C=O) groups excluding carboxylic acids is 1. The first-order chi connectivity index (χ1) is 11.7. The van der Waals surface area contributed by atoms with Gasteiger partial charge in [-0.1, -0.05) is 55.5 Å². The molecule has 2 aromatic carbocycles. The second kappa shape index (κ2) is 7.63. The molecular weight excluding hydrogens is 298 g/mol. The largest absolute Gasteiger partial charge is 0.392 e. The number of aliphatic hydroxyl groups is 1. The number of nitrogens with one attached hydrogen (secondary N) is 1. The van der Waals surface area contributed by atoms with Gasteiger partial charge in [-0.15, -0.1) is 0 Å². The predicted molar refractivity (Wildman–Crippen MR) is 95.8 cm³/mol. The van der Waals surface area contributed by atoms with Crippen LogP contribution in [0.5, 0.6) is 0 Å². The molecular formula is C21H25NO2. The van der Waals surface area contributed by atoms with Gasteiger partial charge in [-0.25, -0.2) is 0 Å². The van der Waals surface area contributed by atoms with Crippen LogP contribution in [0.4, 0.5) is 0 Å². The topological polar surface area (TPSA) is 49.3 Å². The Kier molecular flexibility index (Phi) is 5.31. The van der Waals surface area contributed by atoms with E-state index in [1.54, 1.807) is 0 Å². The van der Waals surface area contributed by atoms with Gasteiger partial charge in [0, 0.05) is 18.4 Å². The fraction of sp³-hybridized carbons (Fsp3) is 0.381. The highest BCUT2D eigenvalue weighted by Crippen LogP contribution is 2.35. The lowest BCUT2D eigenvalue weighted by Gasteiger charge is -2.35. The number of aryl methyl sites for hydroxylation is 1. The number of amides is 1. The summed E-state index contributed by atoms with van der Waals surface area (Å²) < 4.78 is 0. The van der Waals surface area contributed by atoms with Gasteiger partial charge in [0.2, 0.25) is 5.91 Å². The highest BCUT2D eigenvalue weighted by Gasteiger charge is 2.30. The van der Waals surface area contributed by atoms with Crippen molar-refractivity contribution < 1.29 is 9.90 Å². The Hall–Kier alpha value is -2.13. The Morgan fingerprint density at radius 1 is 1.17 bits per heavy atom. The van der Waals surface area contributed by atoms with Gasteiger partial charge in [0.05, 0.1) is 6.61 Å². The van der Waals surface area contributed by atoms with Gasteiger partial charge in [-0.3, -0.25) is 4.79 Å². The third kappa shape index (κ3) is 3.68. The molecule has 0 bridgehead atoms. The maximum Gasteiger partial charge on any atom is 0.219 e. The molecule has 0 aromatic heterocycles. The molecule has 3 rings (SSSR count). The summed E-state index contributed by atoms with van der Waals surface area (Å²) in [6.07, 6.45) is 3.35. The molecule has 126 valence electrons. The molecule has 1 amide bonds. The van der Waals surface area contributed by atoms with Crippen LogP contribution >= 0.6 is 0 Å². The fourth-order valence-electron chi connectivity index (χ4n) is 3.65. The maximum absolute atomic E-state index is 12.0. The molecule has 0 aliphatic heterocycles. The van der Waals surface area contributed by atoms with Gasteiger partial charge in [-0.2, -0.15) is 0 Å². The zero-order chi connectivity index (χ0) is 16.9. The minimum Gasteiger partial charge on any atom is -0.392 e. The van der Waals surface area contributed by atoms with Crippen molar-refractivity contribution in [2.75, 3.05) is 0 Å². The number of fused-ring (bicyclic) bond motifs is 1. The standard InChI is InChI=1S/C21H25NO2/c1-2-21(24)22-20-11-10-17-9-8-16(14-23)13-18(17)19(20)12-15-6-4-3-5-7-15/h3-9,13,19-20,23H,2,10-12,14H2,1H3,(H,22,24). The molecule has 0 spiro atoms. The van der Waals surface area contributed by atoms with Crippen molar-refractivity contribution in [2.45, 2.75) is 51.2 Å². The van der Waals surface area contributed by atoms with Gasteiger partial charge >= 0.3 is 0 Å². The van der Waals surface area contributed by atoms with Crippen molar-refractivity contribution in [1.82, 2.24) is 5.32 Å².